The Morgan fingerprint density at radius 1 is 1.43 bits per heavy atom. The second kappa shape index (κ2) is 5.19. The van der Waals surface area contributed by atoms with E-state index >= 15 is 0 Å². The van der Waals surface area contributed by atoms with Crippen LogP contribution in [0.5, 0.6) is 0 Å². The van der Waals surface area contributed by atoms with Gasteiger partial charge in [0.1, 0.15) is 6.10 Å². The fourth-order valence-corrected chi connectivity index (χ4v) is 1.38. The van der Waals surface area contributed by atoms with E-state index in [4.69, 9.17) is 0 Å². The maximum absolute atomic E-state index is 10.7. The van der Waals surface area contributed by atoms with Gasteiger partial charge in [0.05, 0.1) is 6.10 Å². The van der Waals surface area contributed by atoms with Gasteiger partial charge < -0.3 is 15.2 Å². The second-order valence-electron chi connectivity index (χ2n) is 3.01. The van der Waals surface area contributed by atoms with Crippen LogP contribution >= 0.6 is 12.6 Å². The molecular formula is C9H13NO3S. The molecule has 0 spiro atoms. The number of H-pyrrole nitrogens is 1. The quantitative estimate of drug-likeness (QED) is 0.538. The van der Waals surface area contributed by atoms with Crippen molar-refractivity contribution in [3.8, 4) is 0 Å². The van der Waals surface area contributed by atoms with Gasteiger partial charge >= 0.3 is 0 Å². The van der Waals surface area contributed by atoms with Crippen LogP contribution in [-0.4, -0.2) is 27.1 Å². The van der Waals surface area contributed by atoms with Gasteiger partial charge in [0.2, 0.25) is 5.56 Å². The average Bonchev–Trinajstić information content (AvgIpc) is 2.18. The molecule has 0 aromatic carbocycles. The number of hydrogen-bond donors (Lipinski definition) is 4. The summed E-state index contributed by atoms with van der Waals surface area (Å²) in [4.78, 5) is 13.2. The number of pyridine rings is 1. The maximum Gasteiger partial charge on any atom is 0.247 e. The van der Waals surface area contributed by atoms with Crippen molar-refractivity contribution in [3.63, 3.8) is 0 Å². The van der Waals surface area contributed by atoms with E-state index in [0.29, 0.717) is 17.7 Å². The van der Waals surface area contributed by atoms with E-state index in [1.807, 2.05) is 0 Å². The third-order valence-corrected chi connectivity index (χ3v) is 2.20. The topological polar surface area (TPSA) is 73.3 Å². The zero-order chi connectivity index (χ0) is 10.6. The third-order valence-electron chi connectivity index (χ3n) is 1.94. The Hall–Kier alpha value is -0.780. The molecule has 1 heterocycles. The summed E-state index contributed by atoms with van der Waals surface area (Å²) in [6, 6.07) is 2.80. The summed E-state index contributed by atoms with van der Waals surface area (Å²) >= 11 is 3.95. The molecule has 1 aromatic heterocycles. The Labute approximate surface area is 87.0 Å². The maximum atomic E-state index is 10.7. The van der Waals surface area contributed by atoms with E-state index in [1.54, 1.807) is 0 Å². The predicted octanol–water partition coefficient (Wildman–Crippen LogP) is 0.0891. The highest BCUT2D eigenvalue weighted by Gasteiger charge is 2.17. The van der Waals surface area contributed by atoms with Crippen molar-refractivity contribution in [2.45, 2.75) is 18.6 Å². The molecule has 78 valence electrons. The molecule has 0 fully saturated rings. The lowest BCUT2D eigenvalue weighted by Gasteiger charge is -2.16. The zero-order valence-corrected chi connectivity index (χ0v) is 8.45. The first-order valence-electron chi connectivity index (χ1n) is 4.31. The minimum atomic E-state index is -0.973. The molecule has 0 saturated heterocycles. The highest BCUT2D eigenvalue weighted by Crippen LogP contribution is 2.17. The molecule has 0 amide bonds. The standard InChI is InChI=1S/C9H13NO3S/c11-7(3-4-14)9(13)6-1-2-8(12)10-5-6/h1-2,5,7,9,11,13-14H,3-4H2,(H,10,12). The number of aromatic amines is 1. The van der Waals surface area contributed by atoms with Gasteiger partial charge in [-0.05, 0) is 23.8 Å². The fourth-order valence-electron chi connectivity index (χ4n) is 1.12. The Kier molecular flexibility index (Phi) is 4.19. The van der Waals surface area contributed by atoms with Crippen molar-refractivity contribution in [1.82, 2.24) is 4.98 Å². The average molecular weight is 215 g/mol. The fraction of sp³-hybridized carbons (Fsp3) is 0.444. The summed E-state index contributed by atoms with van der Waals surface area (Å²) in [7, 11) is 0. The number of aromatic nitrogens is 1. The van der Waals surface area contributed by atoms with E-state index in [2.05, 4.69) is 17.6 Å². The molecular weight excluding hydrogens is 202 g/mol. The van der Waals surface area contributed by atoms with Gasteiger partial charge in [-0.15, -0.1) is 0 Å². The van der Waals surface area contributed by atoms with Crippen LogP contribution in [0.3, 0.4) is 0 Å². The largest absolute Gasteiger partial charge is 0.390 e. The smallest absolute Gasteiger partial charge is 0.247 e. The highest BCUT2D eigenvalue weighted by atomic mass is 32.1. The van der Waals surface area contributed by atoms with Crippen LogP contribution in [0.15, 0.2) is 23.1 Å². The van der Waals surface area contributed by atoms with Gasteiger partial charge in [0.25, 0.3) is 0 Å². The van der Waals surface area contributed by atoms with Crippen molar-refractivity contribution in [2.24, 2.45) is 0 Å². The second-order valence-corrected chi connectivity index (χ2v) is 3.46. The number of thiol groups is 1. The molecule has 2 unspecified atom stereocenters. The van der Waals surface area contributed by atoms with Gasteiger partial charge in [-0.2, -0.15) is 12.6 Å². The van der Waals surface area contributed by atoms with E-state index in [-0.39, 0.29) is 5.56 Å². The Bertz CT molecular complexity index is 319. The van der Waals surface area contributed by atoms with Gasteiger partial charge in [-0.25, -0.2) is 0 Å². The predicted molar refractivity (Wildman–Crippen MR) is 56.5 cm³/mol. The lowest BCUT2D eigenvalue weighted by Crippen LogP contribution is -2.19. The van der Waals surface area contributed by atoms with Crippen LogP contribution in [0.2, 0.25) is 0 Å². The Balaban J connectivity index is 2.73. The van der Waals surface area contributed by atoms with Gasteiger partial charge in [0, 0.05) is 12.3 Å². The van der Waals surface area contributed by atoms with Crippen LogP contribution in [0.25, 0.3) is 0 Å². The molecule has 0 aliphatic heterocycles. The van der Waals surface area contributed by atoms with E-state index in [1.165, 1.54) is 18.3 Å². The third kappa shape index (κ3) is 2.87. The van der Waals surface area contributed by atoms with E-state index < -0.39 is 12.2 Å². The van der Waals surface area contributed by atoms with E-state index in [9.17, 15) is 15.0 Å². The summed E-state index contributed by atoms with van der Waals surface area (Å²) in [5.74, 6) is 0.502. The van der Waals surface area contributed by atoms with Crippen molar-refractivity contribution in [3.05, 3.63) is 34.2 Å². The summed E-state index contributed by atoms with van der Waals surface area (Å²) in [6.45, 7) is 0. The van der Waals surface area contributed by atoms with Crippen molar-refractivity contribution in [2.75, 3.05) is 5.75 Å². The molecule has 14 heavy (non-hydrogen) atoms. The normalized spacial score (nSPS) is 15.1. The summed E-state index contributed by atoms with van der Waals surface area (Å²) in [6.07, 6.45) is -0.0181. The van der Waals surface area contributed by atoms with Crippen molar-refractivity contribution >= 4 is 12.6 Å². The summed E-state index contributed by atoms with van der Waals surface area (Å²) in [5, 5.41) is 19.1. The molecule has 3 N–H and O–H groups in total. The highest BCUT2D eigenvalue weighted by molar-refractivity contribution is 7.80. The Morgan fingerprint density at radius 3 is 2.64 bits per heavy atom. The lowest BCUT2D eigenvalue weighted by molar-refractivity contribution is 0.0170. The first-order chi connectivity index (χ1) is 6.65. The molecule has 1 rings (SSSR count). The first-order valence-corrected chi connectivity index (χ1v) is 4.94. The first kappa shape index (κ1) is 11.3. The molecule has 0 aliphatic carbocycles. The van der Waals surface area contributed by atoms with Crippen LogP contribution in [0.4, 0.5) is 0 Å². The monoisotopic (exact) mass is 215 g/mol. The number of rotatable bonds is 4. The molecule has 2 atom stereocenters. The van der Waals surface area contributed by atoms with Crippen molar-refractivity contribution < 1.29 is 10.2 Å². The van der Waals surface area contributed by atoms with Crippen LogP contribution in [0, 0.1) is 0 Å². The minimum Gasteiger partial charge on any atom is -0.390 e. The number of hydrogen-bond acceptors (Lipinski definition) is 4. The molecule has 0 saturated carbocycles. The molecule has 0 bridgehead atoms. The Morgan fingerprint density at radius 2 is 2.14 bits per heavy atom. The summed E-state index contributed by atoms with van der Waals surface area (Å²) in [5.41, 5.74) is 0.267. The molecule has 0 aliphatic rings. The number of aliphatic hydroxyl groups excluding tert-OH is 2. The lowest BCUT2D eigenvalue weighted by atomic mass is 10.1. The van der Waals surface area contributed by atoms with Crippen LogP contribution < -0.4 is 5.56 Å². The molecule has 5 heteroatoms. The summed E-state index contributed by atoms with van der Waals surface area (Å²) < 4.78 is 0. The zero-order valence-electron chi connectivity index (χ0n) is 7.55. The number of nitrogens with one attached hydrogen (secondary N) is 1. The van der Waals surface area contributed by atoms with E-state index in [0.717, 1.165) is 0 Å². The van der Waals surface area contributed by atoms with Crippen LogP contribution in [-0.2, 0) is 0 Å². The van der Waals surface area contributed by atoms with Gasteiger partial charge in [-0.1, -0.05) is 0 Å². The molecule has 1 aromatic rings. The SMILES string of the molecule is O=c1ccc(C(O)C(O)CCS)c[nH]1. The minimum absolute atomic E-state index is 0.232. The van der Waals surface area contributed by atoms with Gasteiger partial charge in [0.15, 0.2) is 0 Å². The molecule has 0 radical (unpaired) electrons. The van der Waals surface area contributed by atoms with Gasteiger partial charge in [-0.3, -0.25) is 4.79 Å². The molecule has 4 nitrogen and oxygen atoms in total. The van der Waals surface area contributed by atoms with Crippen LogP contribution in [0.1, 0.15) is 18.1 Å². The number of aliphatic hydroxyl groups is 2. The van der Waals surface area contributed by atoms with Crippen molar-refractivity contribution in [1.29, 1.82) is 0 Å².